The van der Waals surface area contributed by atoms with Crippen molar-refractivity contribution in [2.75, 3.05) is 18.6 Å². The summed E-state index contributed by atoms with van der Waals surface area (Å²) in [6, 6.07) is 0. The summed E-state index contributed by atoms with van der Waals surface area (Å²) in [5.74, 6) is 2.30. The number of carbonyl (C=O) groups is 1. The number of hydrogen-bond acceptors (Lipinski definition) is 3. The topological polar surface area (TPSA) is 26.3 Å². The van der Waals surface area contributed by atoms with Crippen molar-refractivity contribution in [1.82, 2.24) is 0 Å². The van der Waals surface area contributed by atoms with Gasteiger partial charge in [0.2, 0.25) is 0 Å². The third kappa shape index (κ3) is 3.59. The van der Waals surface area contributed by atoms with Gasteiger partial charge in [0.1, 0.15) is 0 Å². The average molecular weight is 202 g/mol. The molecule has 1 rings (SSSR count). The summed E-state index contributed by atoms with van der Waals surface area (Å²) in [6.07, 6.45) is 4.26. The van der Waals surface area contributed by atoms with Crippen molar-refractivity contribution >= 4 is 17.7 Å². The van der Waals surface area contributed by atoms with Crippen molar-refractivity contribution in [3.8, 4) is 0 Å². The Morgan fingerprint density at radius 1 is 1.54 bits per heavy atom. The summed E-state index contributed by atoms with van der Waals surface area (Å²) < 4.78 is 4.68. The van der Waals surface area contributed by atoms with E-state index in [9.17, 15) is 4.79 Å². The fraction of sp³-hybridized carbons (Fsp3) is 0.900. The molecule has 0 N–H and O–H groups in total. The highest BCUT2D eigenvalue weighted by Crippen LogP contribution is 2.51. The zero-order valence-electron chi connectivity index (χ0n) is 8.47. The lowest BCUT2D eigenvalue weighted by atomic mass is 10.1. The second-order valence-electron chi connectivity index (χ2n) is 3.81. The summed E-state index contributed by atoms with van der Waals surface area (Å²) in [6.45, 7) is 2.19. The van der Waals surface area contributed by atoms with Crippen LogP contribution < -0.4 is 0 Å². The molecule has 0 amide bonds. The maximum absolute atomic E-state index is 11.1. The second-order valence-corrected chi connectivity index (χ2v) is 4.91. The predicted octanol–water partition coefficient (Wildman–Crippen LogP) is 2.47. The molecule has 0 bridgehead atoms. The van der Waals surface area contributed by atoms with Crippen LogP contribution in [-0.4, -0.2) is 24.6 Å². The fourth-order valence-electron chi connectivity index (χ4n) is 1.36. The number of methoxy groups -OCH3 is 1. The van der Waals surface area contributed by atoms with Crippen LogP contribution in [0.1, 0.15) is 32.6 Å². The molecule has 1 aliphatic rings. The normalized spacial score (nSPS) is 18.3. The van der Waals surface area contributed by atoms with E-state index in [1.54, 1.807) is 0 Å². The average Bonchev–Trinajstić information content (AvgIpc) is 2.86. The molecule has 13 heavy (non-hydrogen) atoms. The largest absolute Gasteiger partial charge is 0.469 e. The van der Waals surface area contributed by atoms with E-state index in [-0.39, 0.29) is 5.97 Å². The van der Waals surface area contributed by atoms with Crippen LogP contribution in [0.3, 0.4) is 0 Å². The molecular formula is C10H18O2S. The molecule has 2 nitrogen and oxygen atoms in total. The first kappa shape index (κ1) is 10.9. The van der Waals surface area contributed by atoms with E-state index in [2.05, 4.69) is 11.7 Å². The van der Waals surface area contributed by atoms with Gasteiger partial charge < -0.3 is 4.74 Å². The Morgan fingerprint density at radius 3 is 2.69 bits per heavy atom. The van der Waals surface area contributed by atoms with Crippen molar-refractivity contribution in [2.45, 2.75) is 32.6 Å². The predicted molar refractivity (Wildman–Crippen MR) is 55.9 cm³/mol. The first-order valence-electron chi connectivity index (χ1n) is 4.87. The summed E-state index contributed by atoms with van der Waals surface area (Å²) >= 11 is 1.97. The Balaban J connectivity index is 2.18. The molecule has 3 heteroatoms. The van der Waals surface area contributed by atoms with Gasteiger partial charge in [-0.3, -0.25) is 4.79 Å². The van der Waals surface area contributed by atoms with Crippen molar-refractivity contribution in [3.05, 3.63) is 0 Å². The number of hydrogen-bond donors (Lipinski definition) is 0. The third-order valence-corrected chi connectivity index (χ3v) is 3.97. The van der Waals surface area contributed by atoms with Gasteiger partial charge in [0.05, 0.1) is 13.5 Å². The van der Waals surface area contributed by atoms with Crippen LogP contribution in [0.25, 0.3) is 0 Å². The third-order valence-electron chi connectivity index (χ3n) is 2.46. The Kier molecular flexibility index (Phi) is 4.10. The number of ether oxygens (including phenoxy) is 1. The summed E-state index contributed by atoms with van der Waals surface area (Å²) in [4.78, 5) is 11.1. The number of esters is 1. The van der Waals surface area contributed by atoms with E-state index in [0.717, 1.165) is 5.75 Å². The monoisotopic (exact) mass is 202 g/mol. The molecule has 0 aromatic heterocycles. The first-order chi connectivity index (χ1) is 6.22. The Labute approximate surface area is 84.4 Å². The van der Waals surface area contributed by atoms with E-state index in [0.29, 0.717) is 11.8 Å². The molecule has 0 saturated heterocycles. The highest BCUT2D eigenvalue weighted by Gasteiger charge is 2.44. The quantitative estimate of drug-likeness (QED) is 0.489. The summed E-state index contributed by atoms with van der Waals surface area (Å²) in [5.41, 5.74) is 0.312. The molecule has 1 saturated carbocycles. The highest BCUT2D eigenvalue weighted by atomic mass is 32.2. The van der Waals surface area contributed by atoms with Crippen LogP contribution >= 0.6 is 11.8 Å². The number of thioether (sulfide) groups is 1. The van der Waals surface area contributed by atoms with Crippen molar-refractivity contribution < 1.29 is 9.53 Å². The van der Waals surface area contributed by atoms with Gasteiger partial charge in [-0.15, -0.1) is 0 Å². The minimum absolute atomic E-state index is 0.0467. The van der Waals surface area contributed by atoms with E-state index in [1.165, 1.54) is 32.1 Å². The van der Waals surface area contributed by atoms with Gasteiger partial charge in [-0.2, -0.15) is 11.8 Å². The molecule has 0 aromatic carbocycles. The van der Waals surface area contributed by atoms with Gasteiger partial charge in [-0.1, -0.05) is 6.92 Å². The van der Waals surface area contributed by atoms with Gasteiger partial charge in [0.25, 0.3) is 0 Å². The summed E-state index contributed by atoms with van der Waals surface area (Å²) in [7, 11) is 1.47. The van der Waals surface area contributed by atoms with Crippen LogP contribution in [0.4, 0.5) is 0 Å². The zero-order valence-corrected chi connectivity index (χ0v) is 9.28. The molecule has 0 unspecified atom stereocenters. The Bertz CT molecular complexity index is 176. The molecule has 0 heterocycles. The second kappa shape index (κ2) is 4.89. The van der Waals surface area contributed by atoms with Gasteiger partial charge in [0, 0.05) is 0 Å². The van der Waals surface area contributed by atoms with Crippen LogP contribution in [0.2, 0.25) is 0 Å². The van der Waals surface area contributed by atoms with Gasteiger partial charge in [0.15, 0.2) is 0 Å². The lowest BCUT2D eigenvalue weighted by molar-refractivity contribution is -0.141. The molecule has 0 aromatic rings. The highest BCUT2D eigenvalue weighted by molar-refractivity contribution is 7.99. The molecule has 0 aliphatic heterocycles. The standard InChI is InChI=1S/C10H18O2S/c1-3-6-13-8-10(4-5-10)7-9(11)12-2/h3-8H2,1-2H3. The van der Waals surface area contributed by atoms with E-state index in [4.69, 9.17) is 0 Å². The van der Waals surface area contributed by atoms with Crippen LogP contribution in [0.5, 0.6) is 0 Å². The van der Waals surface area contributed by atoms with Crippen LogP contribution in [0.15, 0.2) is 0 Å². The molecule has 1 fully saturated rings. The lowest BCUT2D eigenvalue weighted by Crippen LogP contribution is -2.13. The van der Waals surface area contributed by atoms with Crippen molar-refractivity contribution in [3.63, 3.8) is 0 Å². The van der Waals surface area contributed by atoms with E-state index >= 15 is 0 Å². The van der Waals surface area contributed by atoms with Gasteiger partial charge >= 0.3 is 5.97 Å². The lowest BCUT2D eigenvalue weighted by Gasteiger charge is -2.12. The van der Waals surface area contributed by atoms with Crippen LogP contribution in [-0.2, 0) is 9.53 Å². The first-order valence-corrected chi connectivity index (χ1v) is 6.02. The maximum atomic E-state index is 11.1. The van der Waals surface area contributed by atoms with Gasteiger partial charge in [-0.25, -0.2) is 0 Å². The summed E-state index contributed by atoms with van der Waals surface area (Å²) in [5, 5.41) is 0. The van der Waals surface area contributed by atoms with Crippen LogP contribution in [0, 0.1) is 5.41 Å². The van der Waals surface area contributed by atoms with E-state index in [1.807, 2.05) is 11.8 Å². The van der Waals surface area contributed by atoms with Gasteiger partial charge in [-0.05, 0) is 36.2 Å². The Morgan fingerprint density at radius 2 is 2.23 bits per heavy atom. The van der Waals surface area contributed by atoms with E-state index < -0.39 is 0 Å². The van der Waals surface area contributed by atoms with Crippen molar-refractivity contribution in [2.24, 2.45) is 5.41 Å². The number of rotatable bonds is 6. The minimum Gasteiger partial charge on any atom is -0.469 e. The molecule has 0 atom stereocenters. The minimum atomic E-state index is -0.0467. The number of carbonyl (C=O) groups excluding carboxylic acids is 1. The SMILES string of the molecule is CCCSCC1(CC(=O)OC)CC1. The Hall–Kier alpha value is -0.180. The maximum Gasteiger partial charge on any atom is 0.306 e. The molecule has 1 aliphatic carbocycles. The van der Waals surface area contributed by atoms with Crippen molar-refractivity contribution in [1.29, 1.82) is 0 Å². The molecule has 0 radical (unpaired) electrons. The molecular weight excluding hydrogens is 184 g/mol. The molecule has 0 spiro atoms. The smallest absolute Gasteiger partial charge is 0.306 e. The fourth-order valence-corrected chi connectivity index (χ4v) is 2.62. The molecule has 76 valence electrons. The zero-order chi connectivity index (χ0) is 9.73.